The standard InChI is InChI=1S/C27H22N2O9.C6H6O/c1-2-36-18-8-10-20(22(14-18)26(32)33)24(30)28-16-29-25(31)21-11-9-19(15-23(21)27(34)35)38-13-12-37-17-6-4-3-5-7-17;7-6-4-2-1-3-5-6/h1,3-11,14-15H,12-13,16H2,(H,28,30)(H,29,31)(H,32,33)(H,34,35);1-5,7H. The minimum atomic E-state index is -1.39. The largest absolute Gasteiger partial charge is 0.508 e. The van der Waals surface area contributed by atoms with E-state index in [0.29, 0.717) is 11.5 Å². The number of phenols is 1. The summed E-state index contributed by atoms with van der Waals surface area (Å²) in [5.41, 5.74) is -1.03. The summed E-state index contributed by atoms with van der Waals surface area (Å²) in [6.07, 6.45) is 6.92. The van der Waals surface area contributed by atoms with Crippen LogP contribution >= 0.6 is 0 Å². The van der Waals surface area contributed by atoms with Gasteiger partial charge in [0.05, 0.1) is 28.9 Å². The first kappa shape index (κ1) is 33.0. The molecule has 230 valence electrons. The lowest BCUT2D eigenvalue weighted by Gasteiger charge is -2.12. The first-order valence-electron chi connectivity index (χ1n) is 13.2. The van der Waals surface area contributed by atoms with Crippen LogP contribution in [0.2, 0.25) is 0 Å². The molecule has 45 heavy (non-hydrogen) atoms. The number of carboxylic acids is 2. The van der Waals surface area contributed by atoms with E-state index in [9.17, 15) is 29.4 Å². The molecule has 0 aliphatic rings. The number of rotatable bonds is 12. The summed E-state index contributed by atoms with van der Waals surface area (Å²) in [5.74, 6) is -3.05. The van der Waals surface area contributed by atoms with Gasteiger partial charge in [-0.05, 0) is 60.7 Å². The van der Waals surface area contributed by atoms with Crippen LogP contribution in [0.1, 0.15) is 41.4 Å². The Labute approximate surface area is 257 Å². The number of aromatic carboxylic acids is 2. The predicted octanol–water partition coefficient (Wildman–Crippen LogP) is 4.02. The molecule has 0 unspecified atom stereocenters. The molecule has 4 rings (SSSR count). The second-order valence-electron chi connectivity index (χ2n) is 8.78. The quantitative estimate of drug-likeness (QED) is 0.0891. The molecule has 0 heterocycles. The summed E-state index contributed by atoms with van der Waals surface area (Å²) < 4.78 is 15.8. The van der Waals surface area contributed by atoms with E-state index in [-0.39, 0.29) is 47.0 Å². The highest BCUT2D eigenvalue weighted by Crippen LogP contribution is 2.20. The average Bonchev–Trinajstić information content (AvgIpc) is 3.04. The number of phenolic OH excluding ortho intramolecular Hbond substituents is 1. The van der Waals surface area contributed by atoms with Gasteiger partial charge in [-0.15, -0.1) is 0 Å². The third-order valence-electron chi connectivity index (χ3n) is 5.73. The number of carbonyl (C=O) groups excluding carboxylic acids is 2. The van der Waals surface area contributed by atoms with Crippen molar-refractivity contribution in [1.82, 2.24) is 10.6 Å². The lowest BCUT2D eigenvalue weighted by atomic mass is 10.1. The minimum Gasteiger partial charge on any atom is -0.508 e. The molecule has 0 spiro atoms. The highest BCUT2D eigenvalue weighted by atomic mass is 16.5. The van der Waals surface area contributed by atoms with Crippen molar-refractivity contribution in [3.63, 3.8) is 0 Å². The molecule has 0 fully saturated rings. The molecule has 2 amide bonds. The smallest absolute Gasteiger partial charge is 0.336 e. The van der Waals surface area contributed by atoms with Crippen LogP contribution in [-0.4, -0.2) is 59.0 Å². The van der Waals surface area contributed by atoms with Gasteiger partial charge in [0, 0.05) is 0 Å². The third-order valence-corrected chi connectivity index (χ3v) is 5.73. The van der Waals surface area contributed by atoms with Gasteiger partial charge in [-0.3, -0.25) is 9.59 Å². The Hall–Kier alpha value is -6.48. The second kappa shape index (κ2) is 16.8. The van der Waals surface area contributed by atoms with Gasteiger partial charge in [0.15, 0.2) is 0 Å². The van der Waals surface area contributed by atoms with E-state index in [1.807, 2.05) is 30.4 Å². The van der Waals surface area contributed by atoms with Crippen LogP contribution in [0, 0.1) is 12.5 Å². The van der Waals surface area contributed by atoms with Crippen LogP contribution in [0.15, 0.2) is 97.1 Å². The molecule has 0 saturated carbocycles. The van der Waals surface area contributed by atoms with E-state index in [1.54, 1.807) is 36.4 Å². The maximum Gasteiger partial charge on any atom is 0.336 e. The van der Waals surface area contributed by atoms with Crippen LogP contribution in [0.4, 0.5) is 0 Å². The van der Waals surface area contributed by atoms with E-state index >= 15 is 0 Å². The zero-order chi connectivity index (χ0) is 32.6. The van der Waals surface area contributed by atoms with Crippen molar-refractivity contribution in [2.75, 3.05) is 19.9 Å². The molecule has 0 saturated heterocycles. The number of carbonyl (C=O) groups is 4. The Morgan fingerprint density at radius 1 is 0.622 bits per heavy atom. The van der Waals surface area contributed by atoms with Gasteiger partial charge >= 0.3 is 11.9 Å². The predicted molar refractivity (Wildman–Crippen MR) is 162 cm³/mol. The van der Waals surface area contributed by atoms with Gasteiger partial charge < -0.3 is 40.2 Å². The molecule has 0 atom stereocenters. The van der Waals surface area contributed by atoms with Gasteiger partial charge in [-0.1, -0.05) is 42.8 Å². The number of aromatic hydroxyl groups is 1. The summed E-state index contributed by atoms with van der Waals surface area (Å²) >= 11 is 0. The van der Waals surface area contributed by atoms with E-state index in [2.05, 4.69) is 10.6 Å². The number of terminal acetylenes is 1. The topological polar surface area (TPSA) is 181 Å². The molecule has 12 heteroatoms. The number of para-hydroxylation sites is 2. The Balaban J connectivity index is 0.000000693. The summed E-state index contributed by atoms with van der Waals surface area (Å²) in [4.78, 5) is 48.3. The number of ether oxygens (including phenoxy) is 3. The van der Waals surface area contributed by atoms with Crippen LogP contribution < -0.4 is 24.8 Å². The maximum absolute atomic E-state index is 12.6. The Morgan fingerprint density at radius 2 is 1.09 bits per heavy atom. The summed E-state index contributed by atoms with van der Waals surface area (Å²) in [5, 5.41) is 32.3. The SMILES string of the molecule is C#COc1ccc(C(=O)NCNC(=O)c2ccc(OCCOc3ccccc3)cc2C(=O)O)c(C(=O)O)c1.Oc1ccccc1. The molecular formula is C33H28N2O10. The fraction of sp³-hybridized carbons (Fsp3) is 0.0909. The van der Waals surface area contributed by atoms with Gasteiger partial charge in [-0.2, -0.15) is 0 Å². The number of carboxylic acid groups (broad SMARTS) is 2. The van der Waals surface area contributed by atoms with E-state index < -0.39 is 30.4 Å². The Kier molecular flexibility index (Phi) is 12.4. The van der Waals surface area contributed by atoms with Gasteiger partial charge in [0.25, 0.3) is 11.8 Å². The van der Waals surface area contributed by atoms with Crippen molar-refractivity contribution in [2.24, 2.45) is 0 Å². The van der Waals surface area contributed by atoms with Crippen molar-refractivity contribution < 1.29 is 48.7 Å². The van der Waals surface area contributed by atoms with E-state index in [1.165, 1.54) is 30.3 Å². The Morgan fingerprint density at radius 3 is 1.56 bits per heavy atom. The second-order valence-corrected chi connectivity index (χ2v) is 8.78. The fourth-order valence-electron chi connectivity index (χ4n) is 3.68. The number of amides is 2. The highest BCUT2D eigenvalue weighted by Gasteiger charge is 2.20. The number of hydrogen-bond donors (Lipinski definition) is 5. The Bertz CT molecular complexity index is 1670. The van der Waals surface area contributed by atoms with Crippen LogP contribution in [0.5, 0.6) is 23.0 Å². The molecule has 4 aromatic rings. The average molecular weight is 613 g/mol. The van der Waals surface area contributed by atoms with E-state index in [4.69, 9.17) is 25.7 Å². The van der Waals surface area contributed by atoms with E-state index in [0.717, 1.165) is 6.07 Å². The summed E-state index contributed by atoms with van der Waals surface area (Å²) in [7, 11) is 0. The number of hydrogen-bond acceptors (Lipinski definition) is 8. The van der Waals surface area contributed by atoms with Crippen molar-refractivity contribution in [2.45, 2.75) is 0 Å². The lowest BCUT2D eigenvalue weighted by Crippen LogP contribution is -2.38. The number of nitrogens with one attached hydrogen (secondary N) is 2. The lowest BCUT2D eigenvalue weighted by molar-refractivity contribution is 0.0683. The minimum absolute atomic E-state index is 0.0621. The highest BCUT2D eigenvalue weighted by molar-refractivity contribution is 6.06. The molecular weight excluding hydrogens is 584 g/mol. The number of benzene rings is 4. The van der Waals surface area contributed by atoms with Crippen molar-refractivity contribution in [3.05, 3.63) is 119 Å². The molecule has 4 aromatic carbocycles. The zero-order valence-electron chi connectivity index (χ0n) is 23.6. The third kappa shape index (κ3) is 10.4. The van der Waals surface area contributed by atoms with Crippen molar-refractivity contribution >= 4 is 23.8 Å². The first-order chi connectivity index (χ1) is 21.7. The monoisotopic (exact) mass is 612 g/mol. The van der Waals surface area contributed by atoms with Crippen LogP contribution in [0.3, 0.4) is 0 Å². The van der Waals surface area contributed by atoms with Crippen molar-refractivity contribution in [3.8, 4) is 35.5 Å². The summed E-state index contributed by atoms with van der Waals surface area (Å²) in [6, 6.07) is 25.3. The van der Waals surface area contributed by atoms with Gasteiger partial charge in [0.1, 0.15) is 42.3 Å². The van der Waals surface area contributed by atoms with Crippen LogP contribution in [0.25, 0.3) is 0 Å². The molecule has 0 aliphatic heterocycles. The van der Waals surface area contributed by atoms with Gasteiger partial charge in [-0.25, -0.2) is 9.59 Å². The molecule has 12 nitrogen and oxygen atoms in total. The normalized spacial score (nSPS) is 9.76. The zero-order valence-corrected chi connectivity index (χ0v) is 23.6. The van der Waals surface area contributed by atoms with Gasteiger partial charge in [0.2, 0.25) is 0 Å². The summed E-state index contributed by atoms with van der Waals surface area (Å²) in [6.45, 7) is -0.0508. The molecule has 0 aromatic heterocycles. The molecule has 5 N–H and O–H groups in total. The van der Waals surface area contributed by atoms with Crippen molar-refractivity contribution in [1.29, 1.82) is 0 Å². The fourth-order valence-corrected chi connectivity index (χ4v) is 3.68. The molecule has 0 radical (unpaired) electrons. The van der Waals surface area contributed by atoms with Crippen LogP contribution in [-0.2, 0) is 0 Å². The first-order valence-corrected chi connectivity index (χ1v) is 13.2. The maximum atomic E-state index is 12.6. The molecule has 0 bridgehead atoms. The molecule has 0 aliphatic carbocycles.